The third-order valence-electron chi connectivity index (χ3n) is 2.46. The van der Waals surface area contributed by atoms with E-state index in [1.807, 2.05) is 6.07 Å². The van der Waals surface area contributed by atoms with E-state index >= 15 is 0 Å². The number of rotatable bonds is 5. The van der Waals surface area contributed by atoms with Gasteiger partial charge in [0.2, 0.25) is 5.91 Å². The first-order valence-electron chi connectivity index (χ1n) is 5.88. The molecule has 0 atom stereocenters. The first-order valence-corrected chi connectivity index (χ1v) is 5.88. The van der Waals surface area contributed by atoms with Crippen molar-refractivity contribution < 1.29 is 19.4 Å². The molecule has 1 rings (SSSR count). The second-order valence-corrected chi connectivity index (χ2v) is 4.06. The van der Waals surface area contributed by atoms with Gasteiger partial charge in [-0.15, -0.1) is 0 Å². The van der Waals surface area contributed by atoms with E-state index in [4.69, 9.17) is 5.11 Å². The van der Waals surface area contributed by atoms with E-state index in [2.05, 4.69) is 10.1 Å². The summed E-state index contributed by atoms with van der Waals surface area (Å²) in [4.78, 5) is 24.0. The summed E-state index contributed by atoms with van der Waals surface area (Å²) >= 11 is 0. The number of carbonyl (C=O) groups excluding carboxylic acids is 2. The molecule has 0 heterocycles. The fourth-order valence-corrected chi connectivity index (χ4v) is 1.42. The number of benzene rings is 1. The van der Waals surface area contributed by atoms with Gasteiger partial charge in [-0.3, -0.25) is 10.1 Å². The molecule has 6 heteroatoms. The van der Waals surface area contributed by atoms with Crippen molar-refractivity contribution >= 4 is 17.7 Å². The zero-order chi connectivity index (χ0) is 14.3. The quantitative estimate of drug-likeness (QED) is 0.839. The standard InChI is InChI=1S/C13H18N2O4/c1-10(17)15(2)9-11-4-3-5-12(8-11)14-13(18)19-7-6-16/h3-5,8,16H,6-7,9H2,1-2H3,(H,14,18). The molecule has 0 spiro atoms. The molecule has 0 aliphatic rings. The Morgan fingerprint density at radius 3 is 2.79 bits per heavy atom. The Balaban J connectivity index is 2.61. The molecule has 0 fully saturated rings. The van der Waals surface area contributed by atoms with Crippen LogP contribution in [0, 0.1) is 0 Å². The molecular formula is C13H18N2O4. The molecule has 2 N–H and O–H groups in total. The lowest BCUT2D eigenvalue weighted by atomic mass is 10.2. The van der Waals surface area contributed by atoms with Gasteiger partial charge in [0.15, 0.2) is 0 Å². The Morgan fingerprint density at radius 1 is 1.42 bits per heavy atom. The predicted octanol–water partition coefficient (Wildman–Crippen LogP) is 1.21. The number of aliphatic hydroxyl groups is 1. The Labute approximate surface area is 112 Å². The molecular weight excluding hydrogens is 248 g/mol. The van der Waals surface area contributed by atoms with Crippen molar-refractivity contribution in [3.8, 4) is 0 Å². The van der Waals surface area contributed by atoms with Gasteiger partial charge in [0.1, 0.15) is 6.61 Å². The van der Waals surface area contributed by atoms with Crippen molar-refractivity contribution in [2.45, 2.75) is 13.5 Å². The first kappa shape index (κ1) is 15.0. The van der Waals surface area contributed by atoms with Crippen LogP contribution in [0.1, 0.15) is 12.5 Å². The molecule has 0 radical (unpaired) electrons. The Kier molecular flexibility index (Phi) is 5.81. The largest absolute Gasteiger partial charge is 0.447 e. The molecule has 104 valence electrons. The average molecular weight is 266 g/mol. The third-order valence-corrected chi connectivity index (χ3v) is 2.46. The zero-order valence-electron chi connectivity index (χ0n) is 11.0. The van der Waals surface area contributed by atoms with Crippen molar-refractivity contribution in [2.24, 2.45) is 0 Å². The molecule has 19 heavy (non-hydrogen) atoms. The molecule has 0 bridgehead atoms. The molecule has 0 aliphatic carbocycles. The highest BCUT2D eigenvalue weighted by atomic mass is 16.6. The second-order valence-electron chi connectivity index (χ2n) is 4.06. The summed E-state index contributed by atoms with van der Waals surface area (Å²) in [6, 6.07) is 7.13. The maximum atomic E-state index is 11.3. The van der Waals surface area contributed by atoms with Crippen LogP contribution in [-0.2, 0) is 16.1 Å². The van der Waals surface area contributed by atoms with E-state index in [-0.39, 0.29) is 19.1 Å². The summed E-state index contributed by atoms with van der Waals surface area (Å²) in [7, 11) is 1.71. The molecule has 6 nitrogen and oxygen atoms in total. The van der Waals surface area contributed by atoms with Crippen molar-refractivity contribution in [3.63, 3.8) is 0 Å². The van der Waals surface area contributed by atoms with Crippen LogP contribution in [0.4, 0.5) is 10.5 Å². The predicted molar refractivity (Wildman–Crippen MR) is 70.6 cm³/mol. The fourth-order valence-electron chi connectivity index (χ4n) is 1.42. The lowest BCUT2D eigenvalue weighted by Gasteiger charge is -2.15. The van der Waals surface area contributed by atoms with Gasteiger partial charge < -0.3 is 14.7 Å². The van der Waals surface area contributed by atoms with Crippen molar-refractivity contribution in [1.29, 1.82) is 0 Å². The zero-order valence-corrected chi connectivity index (χ0v) is 11.0. The van der Waals surface area contributed by atoms with Gasteiger partial charge in [-0.2, -0.15) is 0 Å². The number of aliphatic hydroxyl groups excluding tert-OH is 1. The number of ether oxygens (including phenoxy) is 1. The summed E-state index contributed by atoms with van der Waals surface area (Å²) < 4.78 is 4.69. The van der Waals surface area contributed by atoms with Gasteiger partial charge in [0.25, 0.3) is 0 Å². The monoisotopic (exact) mass is 266 g/mol. The number of carbonyl (C=O) groups is 2. The molecule has 2 amide bonds. The molecule has 0 saturated carbocycles. The maximum Gasteiger partial charge on any atom is 0.411 e. The van der Waals surface area contributed by atoms with Gasteiger partial charge in [-0.1, -0.05) is 12.1 Å². The van der Waals surface area contributed by atoms with E-state index in [1.54, 1.807) is 30.1 Å². The lowest BCUT2D eigenvalue weighted by Crippen LogP contribution is -2.23. The van der Waals surface area contributed by atoms with Crippen LogP contribution in [0.3, 0.4) is 0 Å². The van der Waals surface area contributed by atoms with Gasteiger partial charge in [0.05, 0.1) is 6.61 Å². The number of hydrogen-bond donors (Lipinski definition) is 2. The summed E-state index contributed by atoms with van der Waals surface area (Å²) in [5.41, 5.74) is 1.48. The van der Waals surface area contributed by atoms with Crippen LogP contribution in [0.15, 0.2) is 24.3 Å². The van der Waals surface area contributed by atoms with E-state index < -0.39 is 6.09 Å². The van der Waals surface area contributed by atoms with E-state index in [0.717, 1.165) is 5.56 Å². The Hall–Kier alpha value is -2.08. The molecule has 0 unspecified atom stereocenters. The summed E-state index contributed by atoms with van der Waals surface area (Å²) in [6.45, 7) is 1.71. The Morgan fingerprint density at radius 2 is 2.16 bits per heavy atom. The number of nitrogens with zero attached hydrogens (tertiary/aromatic N) is 1. The molecule has 0 aliphatic heterocycles. The minimum Gasteiger partial charge on any atom is -0.447 e. The minimum absolute atomic E-state index is 0.0271. The van der Waals surface area contributed by atoms with E-state index in [0.29, 0.717) is 12.2 Å². The summed E-state index contributed by atoms with van der Waals surface area (Å²) in [5.74, 6) is -0.0271. The van der Waals surface area contributed by atoms with Crippen molar-refractivity contribution in [2.75, 3.05) is 25.6 Å². The number of nitrogens with one attached hydrogen (secondary N) is 1. The van der Waals surface area contributed by atoms with Crippen LogP contribution in [-0.4, -0.2) is 42.3 Å². The normalized spacial score (nSPS) is 9.84. The Bertz CT molecular complexity index is 448. The number of hydrogen-bond acceptors (Lipinski definition) is 4. The van der Waals surface area contributed by atoms with Gasteiger partial charge >= 0.3 is 6.09 Å². The van der Waals surface area contributed by atoms with Crippen LogP contribution < -0.4 is 5.32 Å². The number of amides is 2. The van der Waals surface area contributed by atoms with Crippen LogP contribution >= 0.6 is 0 Å². The molecule has 0 aromatic heterocycles. The number of anilines is 1. The summed E-state index contributed by atoms with van der Waals surface area (Å²) in [5, 5.41) is 11.1. The highest BCUT2D eigenvalue weighted by molar-refractivity contribution is 5.84. The van der Waals surface area contributed by atoms with Crippen molar-refractivity contribution in [1.82, 2.24) is 4.90 Å². The third kappa shape index (κ3) is 5.39. The topological polar surface area (TPSA) is 78.9 Å². The highest BCUT2D eigenvalue weighted by Gasteiger charge is 2.06. The summed E-state index contributed by atoms with van der Waals surface area (Å²) in [6.07, 6.45) is -0.619. The van der Waals surface area contributed by atoms with Crippen molar-refractivity contribution in [3.05, 3.63) is 29.8 Å². The molecule has 1 aromatic carbocycles. The van der Waals surface area contributed by atoms with Crippen LogP contribution in [0.2, 0.25) is 0 Å². The van der Waals surface area contributed by atoms with E-state index in [9.17, 15) is 9.59 Å². The van der Waals surface area contributed by atoms with Crippen LogP contribution in [0.5, 0.6) is 0 Å². The maximum absolute atomic E-state index is 11.3. The highest BCUT2D eigenvalue weighted by Crippen LogP contribution is 2.12. The SMILES string of the molecule is CC(=O)N(C)Cc1cccc(NC(=O)OCCO)c1. The van der Waals surface area contributed by atoms with Gasteiger partial charge in [-0.25, -0.2) is 4.79 Å². The van der Waals surface area contributed by atoms with Gasteiger partial charge in [0, 0.05) is 26.2 Å². The fraction of sp³-hybridized carbons (Fsp3) is 0.385. The first-order chi connectivity index (χ1) is 9.02. The van der Waals surface area contributed by atoms with E-state index in [1.165, 1.54) is 6.92 Å². The minimum atomic E-state index is -0.619. The second kappa shape index (κ2) is 7.38. The lowest BCUT2D eigenvalue weighted by molar-refractivity contribution is -0.128. The molecule has 0 saturated heterocycles. The molecule has 1 aromatic rings. The average Bonchev–Trinajstić information content (AvgIpc) is 2.36. The van der Waals surface area contributed by atoms with Crippen LogP contribution in [0.25, 0.3) is 0 Å². The van der Waals surface area contributed by atoms with Gasteiger partial charge in [-0.05, 0) is 17.7 Å². The smallest absolute Gasteiger partial charge is 0.411 e.